The Labute approximate surface area is 113 Å². The predicted molar refractivity (Wildman–Crippen MR) is 67.9 cm³/mol. The summed E-state index contributed by atoms with van der Waals surface area (Å²) >= 11 is 2.95. The summed E-state index contributed by atoms with van der Waals surface area (Å²) in [5.41, 5.74) is -0.221. The minimum absolute atomic E-state index is 0.0541. The van der Waals surface area contributed by atoms with Crippen LogP contribution in [0.15, 0.2) is 18.2 Å². The molecule has 0 spiro atoms. The molecule has 19 heavy (non-hydrogen) atoms. The van der Waals surface area contributed by atoms with E-state index in [2.05, 4.69) is 21.0 Å². The number of carbonyl (C=O) groups excluding carboxylic acids is 1. The van der Waals surface area contributed by atoms with Crippen molar-refractivity contribution in [2.45, 2.75) is 0 Å². The van der Waals surface area contributed by atoms with Crippen molar-refractivity contribution in [2.75, 3.05) is 5.33 Å². The van der Waals surface area contributed by atoms with Crippen molar-refractivity contribution in [3.8, 4) is 0 Å². The highest BCUT2D eigenvalue weighted by Crippen LogP contribution is 2.24. The summed E-state index contributed by atoms with van der Waals surface area (Å²) in [6.45, 7) is 0. The molecule has 0 radical (unpaired) electrons. The van der Waals surface area contributed by atoms with Crippen molar-refractivity contribution >= 4 is 44.4 Å². The number of hydrogen-bond donors (Lipinski definition) is 1. The van der Waals surface area contributed by atoms with E-state index in [9.17, 15) is 19.7 Å². The van der Waals surface area contributed by atoms with Crippen molar-refractivity contribution in [3.05, 3.63) is 34.0 Å². The molecule has 0 saturated carbocycles. The van der Waals surface area contributed by atoms with Gasteiger partial charge in [-0.1, -0.05) is 15.9 Å². The van der Waals surface area contributed by atoms with E-state index in [1.54, 1.807) is 0 Å². The van der Waals surface area contributed by atoms with Crippen molar-refractivity contribution in [2.24, 2.45) is 0 Å². The summed E-state index contributed by atoms with van der Waals surface area (Å²) in [6.07, 6.45) is -1.37. The van der Waals surface area contributed by atoms with Crippen LogP contribution in [0.1, 0.15) is 10.5 Å². The molecule has 0 amide bonds. The number of ketones is 1. The zero-order chi connectivity index (χ0) is 14.2. The molecule has 2 rings (SSSR count). The van der Waals surface area contributed by atoms with Gasteiger partial charge in [-0.15, -0.1) is 0 Å². The Balaban J connectivity index is 2.79. The van der Waals surface area contributed by atoms with Crippen LogP contribution in [0.4, 0.5) is 10.5 Å². The summed E-state index contributed by atoms with van der Waals surface area (Å²) < 4.78 is 0.620. The van der Waals surface area contributed by atoms with E-state index >= 15 is 0 Å². The van der Waals surface area contributed by atoms with Crippen molar-refractivity contribution in [1.29, 1.82) is 0 Å². The monoisotopic (exact) mass is 327 g/mol. The Morgan fingerprint density at radius 2 is 2.16 bits per heavy atom. The lowest BCUT2D eigenvalue weighted by molar-refractivity contribution is -0.384. The van der Waals surface area contributed by atoms with Gasteiger partial charge in [0.25, 0.3) is 5.69 Å². The van der Waals surface area contributed by atoms with Gasteiger partial charge in [-0.2, -0.15) is 9.78 Å². The first-order valence-electron chi connectivity index (χ1n) is 4.95. The fourth-order valence-corrected chi connectivity index (χ4v) is 1.90. The summed E-state index contributed by atoms with van der Waals surface area (Å²) in [5.74, 6) is -0.453. The first-order valence-corrected chi connectivity index (χ1v) is 6.07. The number of nitrogens with zero attached hydrogens (tertiary/aromatic N) is 3. The average molecular weight is 328 g/mol. The standard InChI is InChI=1S/C10H6BrN3O5/c11-4-8(15)9-6-3-5(14(18)19)1-2-7(6)13(12-9)10(16)17/h1-3H,4H2,(H,16,17). The highest BCUT2D eigenvalue weighted by molar-refractivity contribution is 9.09. The number of nitro groups is 1. The molecule has 0 aliphatic carbocycles. The number of nitro benzene ring substituents is 1. The average Bonchev–Trinajstić information content (AvgIpc) is 2.76. The molecular weight excluding hydrogens is 322 g/mol. The number of non-ortho nitro benzene ring substituents is 1. The van der Waals surface area contributed by atoms with Gasteiger partial charge in [0.05, 0.1) is 15.8 Å². The highest BCUT2D eigenvalue weighted by atomic mass is 79.9. The van der Waals surface area contributed by atoms with Gasteiger partial charge in [-0.05, 0) is 6.07 Å². The molecule has 1 heterocycles. The Morgan fingerprint density at radius 1 is 1.47 bits per heavy atom. The van der Waals surface area contributed by atoms with Crippen LogP contribution in [0.2, 0.25) is 0 Å². The number of Topliss-reactive ketones (excluding diaryl/α,β-unsaturated/α-hetero) is 1. The summed E-state index contributed by atoms with van der Waals surface area (Å²) in [7, 11) is 0. The molecule has 1 N–H and O–H groups in total. The number of carbonyl (C=O) groups is 2. The van der Waals surface area contributed by atoms with Gasteiger partial charge >= 0.3 is 6.09 Å². The molecule has 98 valence electrons. The van der Waals surface area contributed by atoms with E-state index in [0.717, 1.165) is 12.1 Å². The number of carboxylic acid groups (broad SMARTS) is 1. The normalized spacial score (nSPS) is 10.6. The lowest BCUT2D eigenvalue weighted by Crippen LogP contribution is -2.11. The van der Waals surface area contributed by atoms with E-state index in [4.69, 9.17) is 5.11 Å². The molecule has 0 fully saturated rings. The van der Waals surface area contributed by atoms with Gasteiger partial charge in [0.2, 0.25) is 0 Å². The highest BCUT2D eigenvalue weighted by Gasteiger charge is 2.21. The maximum atomic E-state index is 11.7. The Hall–Kier alpha value is -2.29. The number of fused-ring (bicyclic) bond motifs is 1. The number of alkyl halides is 1. The van der Waals surface area contributed by atoms with Crippen molar-refractivity contribution < 1.29 is 19.6 Å². The topological polar surface area (TPSA) is 115 Å². The molecule has 9 heteroatoms. The molecule has 0 saturated heterocycles. The molecule has 0 atom stereocenters. The number of hydrogen-bond acceptors (Lipinski definition) is 5. The smallest absolute Gasteiger partial charge is 0.432 e. The van der Waals surface area contributed by atoms with E-state index in [0.29, 0.717) is 4.68 Å². The third kappa shape index (κ3) is 2.19. The van der Waals surface area contributed by atoms with Crippen LogP contribution in [-0.2, 0) is 0 Å². The van der Waals surface area contributed by atoms with E-state index < -0.39 is 16.8 Å². The molecule has 1 aromatic heterocycles. The maximum Gasteiger partial charge on any atom is 0.432 e. The Kier molecular flexibility index (Phi) is 3.30. The summed E-state index contributed by atoms with van der Waals surface area (Å²) in [4.78, 5) is 32.7. The fraction of sp³-hybridized carbons (Fsp3) is 0.100. The fourth-order valence-electron chi connectivity index (χ4n) is 1.63. The quantitative estimate of drug-likeness (QED) is 0.399. The summed E-state index contributed by atoms with van der Waals surface area (Å²) in [5, 5.41) is 23.4. The van der Waals surface area contributed by atoms with Gasteiger partial charge in [-0.3, -0.25) is 14.9 Å². The number of rotatable bonds is 3. The van der Waals surface area contributed by atoms with Crippen LogP contribution in [0.25, 0.3) is 10.9 Å². The second-order valence-electron chi connectivity index (χ2n) is 3.56. The van der Waals surface area contributed by atoms with Crippen molar-refractivity contribution in [1.82, 2.24) is 9.78 Å². The second kappa shape index (κ2) is 4.76. The lowest BCUT2D eigenvalue weighted by atomic mass is 10.1. The molecule has 2 aromatic rings. The molecule has 8 nitrogen and oxygen atoms in total. The van der Waals surface area contributed by atoms with Crippen LogP contribution in [-0.4, -0.2) is 37.0 Å². The SMILES string of the molecule is O=C(CBr)c1nn(C(=O)O)c2ccc([N+](=O)[O-])cc12. The van der Waals surface area contributed by atoms with Gasteiger partial charge in [0.1, 0.15) is 5.69 Å². The van der Waals surface area contributed by atoms with Gasteiger partial charge in [0, 0.05) is 17.5 Å². The molecular formula is C10H6BrN3O5. The van der Waals surface area contributed by atoms with Gasteiger partial charge < -0.3 is 5.11 Å². The zero-order valence-corrected chi connectivity index (χ0v) is 10.8. The lowest BCUT2D eigenvalue weighted by Gasteiger charge is -1.95. The van der Waals surface area contributed by atoms with Crippen molar-refractivity contribution in [3.63, 3.8) is 0 Å². The third-order valence-corrected chi connectivity index (χ3v) is 2.95. The number of aromatic nitrogens is 2. The minimum atomic E-state index is -1.37. The number of halogens is 1. The number of benzene rings is 1. The van der Waals surface area contributed by atoms with Gasteiger partial charge in [0.15, 0.2) is 5.78 Å². The van der Waals surface area contributed by atoms with Crippen LogP contribution in [0.5, 0.6) is 0 Å². The molecule has 0 aliphatic rings. The molecule has 0 bridgehead atoms. The minimum Gasteiger partial charge on any atom is -0.463 e. The Bertz CT molecular complexity index is 708. The Morgan fingerprint density at radius 3 is 2.68 bits per heavy atom. The van der Waals surface area contributed by atoms with Crippen LogP contribution in [0, 0.1) is 10.1 Å². The third-order valence-electron chi connectivity index (χ3n) is 2.44. The summed E-state index contributed by atoms with van der Waals surface area (Å²) in [6, 6.07) is 3.54. The van der Waals surface area contributed by atoms with Crippen LogP contribution in [0.3, 0.4) is 0 Å². The van der Waals surface area contributed by atoms with Crippen LogP contribution >= 0.6 is 15.9 Å². The van der Waals surface area contributed by atoms with E-state index in [-0.39, 0.29) is 27.6 Å². The van der Waals surface area contributed by atoms with Gasteiger partial charge in [-0.25, -0.2) is 4.79 Å². The van der Waals surface area contributed by atoms with E-state index in [1.807, 2.05) is 0 Å². The first kappa shape index (κ1) is 13.1. The first-order chi connectivity index (χ1) is 8.95. The zero-order valence-electron chi connectivity index (χ0n) is 9.24. The molecule has 1 aromatic carbocycles. The largest absolute Gasteiger partial charge is 0.463 e. The second-order valence-corrected chi connectivity index (χ2v) is 4.12. The maximum absolute atomic E-state index is 11.7. The molecule has 0 unspecified atom stereocenters. The van der Waals surface area contributed by atoms with Crippen LogP contribution < -0.4 is 0 Å². The van der Waals surface area contributed by atoms with E-state index in [1.165, 1.54) is 6.07 Å². The molecule has 0 aliphatic heterocycles. The predicted octanol–water partition coefficient (Wildman–Crippen LogP) is 2.05.